The fourth-order valence-corrected chi connectivity index (χ4v) is 2.43. The molecule has 0 spiro atoms. The molecule has 0 aliphatic carbocycles. The van der Waals surface area contributed by atoms with Crippen molar-refractivity contribution in [1.29, 1.82) is 0 Å². The average Bonchev–Trinajstić information content (AvgIpc) is 2.68. The van der Waals surface area contributed by atoms with Crippen LogP contribution in [-0.4, -0.2) is 25.9 Å². The molecule has 1 rings (SSSR count). The van der Waals surface area contributed by atoms with E-state index in [0.29, 0.717) is 13.0 Å². The number of ether oxygens (including phenoxy) is 1. The summed E-state index contributed by atoms with van der Waals surface area (Å²) in [7, 11) is 0. The van der Waals surface area contributed by atoms with Crippen LogP contribution in [0.2, 0.25) is 4.34 Å². The zero-order chi connectivity index (χ0) is 13.6. The van der Waals surface area contributed by atoms with Gasteiger partial charge in [-0.1, -0.05) is 11.6 Å². The van der Waals surface area contributed by atoms with Gasteiger partial charge in [0.25, 0.3) is 0 Å². The van der Waals surface area contributed by atoms with Crippen LogP contribution < -0.4 is 5.32 Å². The summed E-state index contributed by atoms with van der Waals surface area (Å²) in [6.45, 7) is 1.51. The number of alkyl halides is 3. The Morgan fingerprint density at radius 1 is 1.44 bits per heavy atom. The second kappa shape index (κ2) is 7.33. The zero-order valence-corrected chi connectivity index (χ0v) is 11.5. The normalized spacial score (nSPS) is 13.8. The number of rotatable bonds is 7. The molecule has 0 amide bonds. The van der Waals surface area contributed by atoms with Gasteiger partial charge in [0.1, 0.15) is 6.61 Å². The van der Waals surface area contributed by atoms with Crippen LogP contribution >= 0.6 is 22.9 Å². The topological polar surface area (TPSA) is 21.3 Å². The van der Waals surface area contributed by atoms with E-state index < -0.39 is 12.8 Å². The molecule has 0 saturated carbocycles. The van der Waals surface area contributed by atoms with Gasteiger partial charge < -0.3 is 10.1 Å². The second-order valence-corrected chi connectivity index (χ2v) is 5.59. The number of hydrogen-bond acceptors (Lipinski definition) is 3. The molecule has 2 nitrogen and oxygen atoms in total. The molecule has 0 aliphatic heterocycles. The monoisotopic (exact) mass is 301 g/mol. The van der Waals surface area contributed by atoms with Gasteiger partial charge in [0.15, 0.2) is 0 Å². The maximum Gasteiger partial charge on any atom is 0.411 e. The third-order valence-electron chi connectivity index (χ3n) is 2.20. The maximum atomic E-state index is 11.8. The number of nitrogens with one attached hydrogen (secondary N) is 1. The van der Waals surface area contributed by atoms with Gasteiger partial charge >= 0.3 is 6.18 Å². The van der Waals surface area contributed by atoms with Crippen molar-refractivity contribution in [3.63, 3.8) is 0 Å². The quantitative estimate of drug-likeness (QED) is 0.768. The zero-order valence-electron chi connectivity index (χ0n) is 9.89. The van der Waals surface area contributed by atoms with Crippen molar-refractivity contribution >= 4 is 22.9 Å². The first-order chi connectivity index (χ1) is 8.38. The first-order valence-corrected chi connectivity index (χ1v) is 6.71. The molecular formula is C11H15ClF3NOS. The molecule has 104 valence electrons. The minimum Gasteiger partial charge on any atom is -0.372 e. The summed E-state index contributed by atoms with van der Waals surface area (Å²) in [6, 6.07) is 3.90. The summed E-state index contributed by atoms with van der Waals surface area (Å²) in [5, 5.41) is 3.20. The van der Waals surface area contributed by atoms with Crippen molar-refractivity contribution < 1.29 is 17.9 Å². The minimum atomic E-state index is -4.24. The summed E-state index contributed by atoms with van der Waals surface area (Å²) < 4.78 is 40.5. The van der Waals surface area contributed by atoms with Gasteiger partial charge in [-0.05, 0) is 32.0 Å². The molecular weight excluding hydrogens is 287 g/mol. The van der Waals surface area contributed by atoms with E-state index >= 15 is 0 Å². The lowest BCUT2D eigenvalue weighted by molar-refractivity contribution is -0.173. The van der Waals surface area contributed by atoms with Gasteiger partial charge in [-0.25, -0.2) is 0 Å². The smallest absolute Gasteiger partial charge is 0.372 e. The summed E-state index contributed by atoms with van der Waals surface area (Å²) in [5.41, 5.74) is 0. The van der Waals surface area contributed by atoms with E-state index in [1.165, 1.54) is 11.3 Å². The lowest BCUT2D eigenvalue weighted by Crippen LogP contribution is -2.22. The van der Waals surface area contributed by atoms with Crippen molar-refractivity contribution in [1.82, 2.24) is 5.32 Å². The van der Waals surface area contributed by atoms with E-state index in [0.717, 1.165) is 9.21 Å². The first kappa shape index (κ1) is 15.8. The molecule has 1 heterocycles. The van der Waals surface area contributed by atoms with E-state index in [-0.39, 0.29) is 12.6 Å². The van der Waals surface area contributed by atoms with Crippen molar-refractivity contribution in [2.45, 2.75) is 25.6 Å². The van der Waals surface area contributed by atoms with Gasteiger partial charge in [0, 0.05) is 17.5 Å². The highest BCUT2D eigenvalue weighted by Gasteiger charge is 2.27. The summed E-state index contributed by atoms with van der Waals surface area (Å²) in [6.07, 6.45) is -3.70. The molecule has 0 saturated heterocycles. The molecule has 18 heavy (non-hydrogen) atoms. The number of halogens is 4. The fourth-order valence-electron chi connectivity index (χ4n) is 1.34. The van der Waals surface area contributed by atoms with Crippen LogP contribution in [0.3, 0.4) is 0 Å². The molecule has 0 radical (unpaired) electrons. The Labute approximate surface area is 113 Å². The van der Waals surface area contributed by atoms with E-state index in [4.69, 9.17) is 11.6 Å². The van der Waals surface area contributed by atoms with Gasteiger partial charge in [-0.3, -0.25) is 0 Å². The first-order valence-electron chi connectivity index (χ1n) is 5.51. The largest absolute Gasteiger partial charge is 0.411 e. The van der Waals surface area contributed by atoms with Crippen LogP contribution in [-0.2, 0) is 4.74 Å². The van der Waals surface area contributed by atoms with E-state index in [1.54, 1.807) is 0 Å². The van der Waals surface area contributed by atoms with Crippen LogP contribution in [0.25, 0.3) is 0 Å². The Hall–Kier alpha value is -0.300. The Kier molecular flexibility index (Phi) is 6.42. The molecule has 1 N–H and O–H groups in total. The van der Waals surface area contributed by atoms with Gasteiger partial charge in [-0.15, -0.1) is 11.3 Å². The number of thiophene rings is 1. The van der Waals surface area contributed by atoms with Crippen LogP contribution in [0.1, 0.15) is 24.3 Å². The lowest BCUT2D eigenvalue weighted by Gasteiger charge is -2.12. The predicted molar refractivity (Wildman–Crippen MR) is 67.2 cm³/mol. The van der Waals surface area contributed by atoms with E-state index in [9.17, 15) is 13.2 Å². The third kappa shape index (κ3) is 6.58. The molecule has 1 aromatic rings. The van der Waals surface area contributed by atoms with Crippen LogP contribution in [0, 0.1) is 0 Å². The van der Waals surface area contributed by atoms with E-state index in [1.807, 2.05) is 19.1 Å². The molecule has 0 aromatic carbocycles. The van der Waals surface area contributed by atoms with Crippen LogP contribution in [0.4, 0.5) is 13.2 Å². The highest BCUT2D eigenvalue weighted by molar-refractivity contribution is 7.16. The Morgan fingerprint density at radius 2 is 2.17 bits per heavy atom. The van der Waals surface area contributed by atoms with Crippen molar-refractivity contribution in [3.05, 3.63) is 21.3 Å². The summed E-state index contributed by atoms with van der Waals surface area (Å²) in [5.74, 6) is 0. The SMILES string of the molecule is CC(NCCCOCC(F)(F)F)c1ccc(Cl)s1. The maximum absolute atomic E-state index is 11.8. The summed E-state index contributed by atoms with van der Waals surface area (Å²) >= 11 is 7.30. The van der Waals surface area contributed by atoms with Crippen molar-refractivity contribution in [3.8, 4) is 0 Å². The minimum absolute atomic E-state index is 0.102. The molecule has 0 aliphatic rings. The highest BCUT2D eigenvalue weighted by atomic mass is 35.5. The van der Waals surface area contributed by atoms with Gasteiger partial charge in [0.2, 0.25) is 0 Å². The van der Waals surface area contributed by atoms with E-state index in [2.05, 4.69) is 10.1 Å². The summed E-state index contributed by atoms with van der Waals surface area (Å²) in [4.78, 5) is 1.11. The standard InChI is InChI=1S/C11H15ClF3NOS/c1-8(9-3-4-10(12)18-9)16-5-2-6-17-7-11(13,14)15/h3-4,8,16H,2,5-7H2,1H3. The molecule has 1 aromatic heterocycles. The molecule has 0 bridgehead atoms. The third-order valence-corrected chi connectivity index (χ3v) is 3.62. The fraction of sp³-hybridized carbons (Fsp3) is 0.636. The number of hydrogen-bond donors (Lipinski definition) is 1. The molecule has 7 heteroatoms. The van der Waals surface area contributed by atoms with Gasteiger partial charge in [0.05, 0.1) is 4.34 Å². The van der Waals surface area contributed by atoms with Crippen molar-refractivity contribution in [2.24, 2.45) is 0 Å². The predicted octanol–water partition coefficient (Wildman–Crippen LogP) is 4.02. The molecule has 0 fully saturated rings. The molecule has 1 atom stereocenters. The second-order valence-electron chi connectivity index (χ2n) is 3.84. The van der Waals surface area contributed by atoms with Crippen molar-refractivity contribution in [2.75, 3.05) is 19.8 Å². The Morgan fingerprint density at radius 3 is 2.72 bits per heavy atom. The molecule has 1 unspecified atom stereocenters. The van der Waals surface area contributed by atoms with Gasteiger partial charge in [-0.2, -0.15) is 13.2 Å². The van der Waals surface area contributed by atoms with Crippen LogP contribution in [0.5, 0.6) is 0 Å². The lowest BCUT2D eigenvalue weighted by atomic mass is 10.2. The Balaban J connectivity index is 2.08. The Bertz CT molecular complexity index is 356. The average molecular weight is 302 g/mol. The van der Waals surface area contributed by atoms with Crippen LogP contribution in [0.15, 0.2) is 12.1 Å². The highest BCUT2D eigenvalue weighted by Crippen LogP contribution is 2.26.